The van der Waals surface area contributed by atoms with Crippen LogP contribution in [0.3, 0.4) is 0 Å². The summed E-state index contributed by atoms with van der Waals surface area (Å²) in [4.78, 5) is 14.8. The van der Waals surface area contributed by atoms with E-state index in [0.29, 0.717) is 10.2 Å². The van der Waals surface area contributed by atoms with Crippen molar-refractivity contribution in [2.45, 2.75) is 0 Å². The monoisotopic (exact) mass is 376 g/mol. The molecule has 0 aliphatic carbocycles. The highest BCUT2D eigenvalue weighted by atomic mass is 79.9. The molecule has 106 valence electrons. The van der Waals surface area contributed by atoms with E-state index in [0.717, 1.165) is 21.9 Å². The zero-order valence-electron chi connectivity index (χ0n) is 10.1. The Morgan fingerprint density at radius 2 is 2.15 bits per heavy atom. The molecule has 20 heavy (non-hydrogen) atoms. The highest BCUT2D eigenvalue weighted by Gasteiger charge is 2.27. The normalized spacial score (nSPS) is 11.3. The molecule has 0 saturated heterocycles. The number of hydrogen-bond acceptors (Lipinski definition) is 5. The lowest BCUT2D eigenvalue weighted by molar-refractivity contribution is 0.0692. The average molecular weight is 377 g/mol. The molecule has 6 nitrogen and oxygen atoms in total. The number of halogens is 1. The molecular formula is C11H9BrN2O4S2. The molecule has 2 aromatic rings. The van der Waals surface area contributed by atoms with Crippen LogP contribution >= 0.6 is 27.3 Å². The maximum atomic E-state index is 12.0. The molecular weight excluding hydrogens is 368 g/mol. The zero-order chi connectivity index (χ0) is 14.9. The SMILES string of the molecule is CS(=O)(=O)N(c1cccc(Br)c1)c1scnc1C(=O)O. The van der Waals surface area contributed by atoms with Crippen molar-refractivity contribution in [1.29, 1.82) is 0 Å². The van der Waals surface area contributed by atoms with E-state index >= 15 is 0 Å². The van der Waals surface area contributed by atoms with Gasteiger partial charge in [-0.3, -0.25) is 0 Å². The molecule has 0 atom stereocenters. The van der Waals surface area contributed by atoms with Crippen molar-refractivity contribution in [2.75, 3.05) is 10.6 Å². The molecule has 0 amide bonds. The van der Waals surface area contributed by atoms with Crippen molar-refractivity contribution >= 4 is 53.9 Å². The van der Waals surface area contributed by atoms with Gasteiger partial charge in [-0.1, -0.05) is 22.0 Å². The van der Waals surface area contributed by atoms with Crippen molar-refractivity contribution in [3.63, 3.8) is 0 Å². The molecule has 1 aromatic carbocycles. The Balaban J connectivity index is 2.66. The van der Waals surface area contributed by atoms with Gasteiger partial charge in [0.1, 0.15) is 5.00 Å². The molecule has 1 heterocycles. The largest absolute Gasteiger partial charge is 0.476 e. The lowest BCUT2D eigenvalue weighted by atomic mass is 10.3. The lowest BCUT2D eigenvalue weighted by Gasteiger charge is -2.21. The van der Waals surface area contributed by atoms with Crippen LogP contribution in [-0.2, 0) is 10.0 Å². The second-order valence-corrected chi connectivity index (χ2v) is 7.40. The third-order valence-corrected chi connectivity index (χ3v) is 4.79. The van der Waals surface area contributed by atoms with Crippen molar-refractivity contribution in [3.8, 4) is 0 Å². The molecule has 1 N–H and O–H groups in total. The third kappa shape index (κ3) is 3.00. The number of benzene rings is 1. The summed E-state index contributed by atoms with van der Waals surface area (Å²) >= 11 is 4.21. The Morgan fingerprint density at radius 1 is 1.45 bits per heavy atom. The van der Waals surface area contributed by atoms with Crippen LogP contribution in [-0.4, -0.2) is 30.7 Å². The van der Waals surface area contributed by atoms with E-state index in [1.165, 1.54) is 5.51 Å². The summed E-state index contributed by atoms with van der Waals surface area (Å²) in [5.74, 6) is -1.27. The summed E-state index contributed by atoms with van der Waals surface area (Å²) in [6.45, 7) is 0. The maximum absolute atomic E-state index is 12.0. The predicted octanol–water partition coefficient (Wildman–Crippen LogP) is 2.70. The number of rotatable bonds is 4. The number of carboxylic acid groups (broad SMARTS) is 1. The van der Waals surface area contributed by atoms with Crippen molar-refractivity contribution < 1.29 is 18.3 Å². The molecule has 1 aromatic heterocycles. The van der Waals surface area contributed by atoms with Crippen LogP contribution in [0.15, 0.2) is 34.2 Å². The van der Waals surface area contributed by atoms with E-state index in [2.05, 4.69) is 20.9 Å². The molecule has 0 fully saturated rings. The summed E-state index contributed by atoms with van der Waals surface area (Å²) < 4.78 is 25.7. The van der Waals surface area contributed by atoms with Crippen LogP contribution < -0.4 is 4.31 Å². The van der Waals surface area contributed by atoms with Gasteiger partial charge in [-0.15, -0.1) is 11.3 Å². The number of sulfonamides is 1. The Morgan fingerprint density at radius 3 is 2.70 bits per heavy atom. The molecule has 2 rings (SSSR count). The van der Waals surface area contributed by atoms with E-state index in [4.69, 9.17) is 5.11 Å². The first kappa shape index (κ1) is 14.9. The number of anilines is 2. The molecule has 0 aliphatic heterocycles. The van der Waals surface area contributed by atoms with Crippen molar-refractivity contribution in [3.05, 3.63) is 39.9 Å². The number of aromatic nitrogens is 1. The lowest BCUT2D eigenvalue weighted by Crippen LogP contribution is -2.25. The fourth-order valence-electron chi connectivity index (χ4n) is 1.59. The molecule has 0 aliphatic rings. The summed E-state index contributed by atoms with van der Waals surface area (Å²) in [6.07, 6.45) is 1.01. The minimum Gasteiger partial charge on any atom is -0.476 e. The predicted molar refractivity (Wildman–Crippen MR) is 80.2 cm³/mol. The molecule has 0 unspecified atom stereocenters. The van der Waals surface area contributed by atoms with Crippen molar-refractivity contribution in [1.82, 2.24) is 4.98 Å². The quantitative estimate of drug-likeness (QED) is 0.885. The van der Waals surface area contributed by atoms with E-state index in [1.807, 2.05) is 0 Å². The minimum absolute atomic E-state index is 0.0538. The summed E-state index contributed by atoms with van der Waals surface area (Å²) in [5.41, 5.74) is 1.35. The highest BCUT2D eigenvalue weighted by molar-refractivity contribution is 9.10. The number of nitrogens with zero attached hydrogens (tertiary/aromatic N) is 2. The number of carboxylic acids is 1. The van der Waals surface area contributed by atoms with E-state index < -0.39 is 16.0 Å². The first-order valence-electron chi connectivity index (χ1n) is 5.23. The molecule has 9 heteroatoms. The molecule has 0 bridgehead atoms. The Kier molecular flexibility index (Phi) is 4.11. The van der Waals surface area contributed by atoms with Crippen molar-refractivity contribution in [2.24, 2.45) is 0 Å². The summed E-state index contributed by atoms with van der Waals surface area (Å²) in [6, 6.07) is 6.58. The van der Waals surface area contributed by atoms with Gasteiger partial charge in [0.25, 0.3) is 0 Å². The first-order chi connectivity index (χ1) is 9.30. The summed E-state index contributed by atoms with van der Waals surface area (Å²) in [7, 11) is -3.69. The van der Waals surface area contributed by atoms with Gasteiger partial charge in [-0.05, 0) is 18.2 Å². The first-order valence-corrected chi connectivity index (χ1v) is 8.75. The van der Waals surface area contributed by atoms with Crippen LogP contribution in [0.2, 0.25) is 0 Å². The number of hydrogen-bond donors (Lipinski definition) is 1. The number of carbonyl (C=O) groups is 1. The Hall–Kier alpha value is -1.45. The van der Waals surface area contributed by atoms with Crippen LogP contribution in [0, 0.1) is 0 Å². The van der Waals surface area contributed by atoms with E-state index in [1.54, 1.807) is 24.3 Å². The van der Waals surface area contributed by atoms with Gasteiger partial charge < -0.3 is 5.11 Å². The average Bonchev–Trinajstić information content (AvgIpc) is 2.76. The van der Waals surface area contributed by atoms with Crippen LogP contribution in [0.1, 0.15) is 10.5 Å². The van der Waals surface area contributed by atoms with Gasteiger partial charge in [-0.2, -0.15) is 0 Å². The van der Waals surface area contributed by atoms with Gasteiger partial charge in [0.15, 0.2) is 5.69 Å². The van der Waals surface area contributed by atoms with Gasteiger partial charge in [0.2, 0.25) is 10.0 Å². The van der Waals surface area contributed by atoms with Gasteiger partial charge >= 0.3 is 5.97 Å². The Bertz CT molecular complexity index is 757. The molecule has 0 spiro atoms. The van der Waals surface area contributed by atoms with E-state index in [9.17, 15) is 13.2 Å². The smallest absolute Gasteiger partial charge is 0.357 e. The van der Waals surface area contributed by atoms with E-state index in [-0.39, 0.29) is 10.7 Å². The number of aromatic carboxylic acids is 1. The second-order valence-electron chi connectivity index (χ2n) is 3.82. The zero-order valence-corrected chi connectivity index (χ0v) is 13.4. The highest BCUT2D eigenvalue weighted by Crippen LogP contribution is 2.35. The van der Waals surface area contributed by atoms with Crippen LogP contribution in [0.25, 0.3) is 0 Å². The fourth-order valence-corrected chi connectivity index (χ4v) is 4.11. The maximum Gasteiger partial charge on any atom is 0.357 e. The Labute approximate surface area is 127 Å². The molecule has 0 radical (unpaired) electrons. The fraction of sp³-hybridized carbons (Fsp3) is 0.0909. The summed E-state index contributed by atoms with van der Waals surface area (Å²) in [5, 5.41) is 9.14. The van der Waals surface area contributed by atoms with Crippen LogP contribution in [0.4, 0.5) is 10.7 Å². The minimum atomic E-state index is -3.69. The standard InChI is InChI=1S/C11H9BrN2O4S2/c1-20(17,18)14(8-4-2-3-7(12)5-8)10-9(11(15)16)13-6-19-10/h2-6H,1H3,(H,15,16). The second kappa shape index (κ2) is 5.51. The molecule has 0 saturated carbocycles. The van der Waals surface area contributed by atoms with Gasteiger partial charge in [0, 0.05) is 4.47 Å². The number of thiazole rings is 1. The topological polar surface area (TPSA) is 87.6 Å². The van der Waals surface area contributed by atoms with Crippen LogP contribution in [0.5, 0.6) is 0 Å². The third-order valence-electron chi connectivity index (χ3n) is 2.31. The van der Waals surface area contributed by atoms with Gasteiger partial charge in [-0.25, -0.2) is 22.5 Å². The van der Waals surface area contributed by atoms with Gasteiger partial charge in [0.05, 0.1) is 17.5 Å².